The first kappa shape index (κ1) is 15.7. The van der Waals surface area contributed by atoms with Gasteiger partial charge in [0.25, 0.3) is 0 Å². The fourth-order valence-corrected chi connectivity index (χ4v) is 3.14. The first-order chi connectivity index (χ1) is 10.0. The Hall–Kier alpha value is -1.72. The van der Waals surface area contributed by atoms with E-state index in [1.807, 2.05) is 18.4 Å². The van der Waals surface area contributed by atoms with Crippen molar-refractivity contribution in [3.63, 3.8) is 0 Å². The number of ether oxygens (including phenoxy) is 1. The quantitative estimate of drug-likeness (QED) is 0.867. The molecule has 0 aliphatic rings. The van der Waals surface area contributed by atoms with Crippen LogP contribution in [-0.4, -0.2) is 22.7 Å². The van der Waals surface area contributed by atoms with Gasteiger partial charge in [0.1, 0.15) is 11.1 Å². The SMILES string of the molecule is CCOC(c1nc(-c2cccc(C(=O)O)c2)cs1)C(C)C. The van der Waals surface area contributed by atoms with E-state index in [0.717, 1.165) is 16.3 Å². The van der Waals surface area contributed by atoms with Crippen LogP contribution in [0.2, 0.25) is 0 Å². The lowest BCUT2D eigenvalue weighted by atomic mass is 10.1. The molecule has 21 heavy (non-hydrogen) atoms. The third-order valence-corrected chi connectivity index (χ3v) is 4.03. The minimum atomic E-state index is -0.929. The highest BCUT2D eigenvalue weighted by molar-refractivity contribution is 7.10. The smallest absolute Gasteiger partial charge is 0.335 e. The molecule has 2 rings (SSSR count). The van der Waals surface area contributed by atoms with E-state index in [-0.39, 0.29) is 11.7 Å². The van der Waals surface area contributed by atoms with Crippen LogP contribution in [0.25, 0.3) is 11.3 Å². The van der Waals surface area contributed by atoms with E-state index in [4.69, 9.17) is 9.84 Å². The van der Waals surface area contributed by atoms with Gasteiger partial charge in [0.05, 0.1) is 11.3 Å². The van der Waals surface area contributed by atoms with Crippen molar-refractivity contribution in [1.29, 1.82) is 0 Å². The molecule has 0 saturated carbocycles. The lowest BCUT2D eigenvalue weighted by Crippen LogP contribution is -2.10. The van der Waals surface area contributed by atoms with Gasteiger partial charge in [-0.3, -0.25) is 0 Å². The number of carboxylic acid groups (broad SMARTS) is 1. The Morgan fingerprint density at radius 1 is 1.43 bits per heavy atom. The largest absolute Gasteiger partial charge is 0.478 e. The zero-order valence-electron chi connectivity index (χ0n) is 12.4. The standard InChI is InChI=1S/C16H19NO3S/c1-4-20-14(10(2)3)15-17-13(9-21-15)11-6-5-7-12(8-11)16(18)19/h5-10,14H,4H2,1-3H3,(H,18,19). The van der Waals surface area contributed by atoms with Gasteiger partial charge in [-0.05, 0) is 25.0 Å². The van der Waals surface area contributed by atoms with E-state index in [0.29, 0.717) is 12.5 Å². The Labute approximate surface area is 128 Å². The Balaban J connectivity index is 2.30. The topological polar surface area (TPSA) is 59.4 Å². The average Bonchev–Trinajstić information content (AvgIpc) is 2.94. The van der Waals surface area contributed by atoms with Crippen LogP contribution >= 0.6 is 11.3 Å². The monoisotopic (exact) mass is 305 g/mol. The Bertz CT molecular complexity index is 621. The third kappa shape index (κ3) is 3.68. The summed E-state index contributed by atoms with van der Waals surface area (Å²) in [5.41, 5.74) is 1.88. The molecule has 0 radical (unpaired) electrons. The van der Waals surface area contributed by atoms with E-state index in [2.05, 4.69) is 18.8 Å². The third-order valence-electron chi connectivity index (χ3n) is 3.12. The number of carbonyl (C=O) groups is 1. The van der Waals surface area contributed by atoms with Crippen molar-refractivity contribution in [2.24, 2.45) is 5.92 Å². The second-order valence-corrected chi connectivity index (χ2v) is 5.97. The Kier molecular flexibility index (Phi) is 5.09. The summed E-state index contributed by atoms with van der Waals surface area (Å²) in [6, 6.07) is 6.83. The van der Waals surface area contributed by atoms with E-state index in [1.165, 1.54) is 0 Å². The number of thiazole rings is 1. The highest BCUT2D eigenvalue weighted by Crippen LogP contribution is 2.31. The van der Waals surface area contributed by atoms with Crippen LogP contribution in [0.5, 0.6) is 0 Å². The molecule has 1 aromatic carbocycles. The van der Waals surface area contributed by atoms with Gasteiger partial charge < -0.3 is 9.84 Å². The van der Waals surface area contributed by atoms with Crippen LogP contribution in [0, 0.1) is 5.92 Å². The van der Waals surface area contributed by atoms with Crippen molar-refractivity contribution in [2.45, 2.75) is 26.9 Å². The molecule has 0 aliphatic heterocycles. The molecule has 1 atom stereocenters. The average molecular weight is 305 g/mol. The van der Waals surface area contributed by atoms with Gasteiger partial charge in [0.2, 0.25) is 0 Å². The van der Waals surface area contributed by atoms with Crippen molar-refractivity contribution in [3.05, 3.63) is 40.2 Å². The van der Waals surface area contributed by atoms with E-state index >= 15 is 0 Å². The molecule has 1 N–H and O–H groups in total. The Morgan fingerprint density at radius 2 is 2.19 bits per heavy atom. The first-order valence-electron chi connectivity index (χ1n) is 6.93. The molecule has 1 aromatic heterocycles. The maximum atomic E-state index is 11.0. The van der Waals surface area contributed by atoms with Crippen molar-refractivity contribution in [3.8, 4) is 11.3 Å². The lowest BCUT2D eigenvalue weighted by molar-refractivity contribution is 0.0293. The minimum Gasteiger partial charge on any atom is -0.478 e. The molecule has 0 amide bonds. The number of hydrogen-bond acceptors (Lipinski definition) is 4. The summed E-state index contributed by atoms with van der Waals surface area (Å²) < 4.78 is 5.75. The zero-order valence-corrected chi connectivity index (χ0v) is 13.2. The summed E-state index contributed by atoms with van der Waals surface area (Å²) in [4.78, 5) is 15.7. The van der Waals surface area contributed by atoms with Crippen LogP contribution in [0.15, 0.2) is 29.6 Å². The van der Waals surface area contributed by atoms with Crippen LogP contribution in [0.3, 0.4) is 0 Å². The highest BCUT2D eigenvalue weighted by atomic mass is 32.1. The summed E-state index contributed by atoms with van der Waals surface area (Å²) >= 11 is 1.55. The molecule has 0 aliphatic carbocycles. The van der Waals surface area contributed by atoms with Crippen molar-refractivity contribution < 1.29 is 14.6 Å². The second kappa shape index (κ2) is 6.83. The van der Waals surface area contributed by atoms with Gasteiger partial charge in [-0.1, -0.05) is 26.0 Å². The van der Waals surface area contributed by atoms with Gasteiger partial charge in [-0.25, -0.2) is 9.78 Å². The molecule has 0 saturated heterocycles. The number of carboxylic acids is 1. The van der Waals surface area contributed by atoms with Gasteiger partial charge in [0.15, 0.2) is 0 Å². The number of nitrogens with zero attached hydrogens (tertiary/aromatic N) is 1. The molecule has 1 heterocycles. The predicted molar refractivity (Wildman–Crippen MR) is 83.7 cm³/mol. The molecular weight excluding hydrogens is 286 g/mol. The van der Waals surface area contributed by atoms with E-state index < -0.39 is 5.97 Å². The van der Waals surface area contributed by atoms with Crippen molar-refractivity contribution >= 4 is 17.3 Å². The molecule has 5 heteroatoms. The summed E-state index contributed by atoms with van der Waals surface area (Å²) in [7, 11) is 0. The van der Waals surface area contributed by atoms with E-state index in [1.54, 1.807) is 29.5 Å². The molecule has 0 spiro atoms. The fraction of sp³-hybridized carbons (Fsp3) is 0.375. The minimum absolute atomic E-state index is 0.0172. The maximum absolute atomic E-state index is 11.0. The predicted octanol–water partition coefficient (Wildman–Crippen LogP) is 4.24. The van der Waals surface area contributed by atoms with Gasteiger partial charge in [-0.2, -0.15) is 0 Å². The summed E-state index contributed by atoms with van der Waals surface area (Å²) in [6.07, 6.45) is -0.0172. The van der Waals surface area contributed by atoms with Gasteiger partial charge >= 0.3 is 5.97 Å². The number of aromatic carboxylic acids is 1. The zero-order chi connectivity index (χ0) is 15.4. The summed E-state index contributed by atoms with van der Waals surface area (Å²) in [5, 5.41) is 11.9. The number of rotatable bonds is 6. The van der Waals surface area contributed by atoms with Crippen LogP contribution in [0.1, 0.15) is 42.2 Å². The molecule has 0 bridgehead atoms. The van der Waals surface area contributed by atoms with Crippen LogP contribution in [-0.2, 0) is 4.74 Å². The first-order valence-corrected chi connectivity index (χ1v) is 7.81. The summed E-state index contributed by atoms with van der Waals surface area (Å²) in [6.45, 7) is 6.82. The maximum Gasteiger partial charge on any atom is 0.335 e. The molecule has 0 fully saturated rings. The van der Waals surface area contributed by atoms with Crippen LogP contribution < -0.4 is 0 Å². The lowest BCUT2D eigenvalue weighted by Gasteiger charge is -2.18. The fourth-order valence-electron chi connectivity index (χ4n) is 2.09. The van der Waals surface area contributed by atoms with Gasteiger partial charge in [0, 0.05) is 17.6 Å². The second-order valence-electron chi connectivity index (χ2n) is 5.08. The molecular formula is C16H19NO3S. The molecule has 2 aromatic rings. The van der Waals surface area contributed by atoms with Crippen LogP contribution in [0.4, 0.5) is 0 Å². The number of aromatic nitrogens is 1. The normalized spacial score (nSPS) is 12.6. The Morgan fingerprint density at radius 3 is 2.81 bits per heavy atom. The molecule has 112 valence electrons. The van der Waals surface area contributed by atoms with Crippen molar-refractivity contribution in [1.82, 2.24) is 4.98 Å². The van der Waals surface area contributed by atoms with Crippen molar-refractivity contribution in [2.75, 3.05) is 6.61 Å². The molecule has 1 unspecified atom stereocenters. The highest BCUT2D eigenvalue weighted by Gasteiger charge is 2.20. The van der Waals surface area contributed by atoms with Gasteiger partial charge in [-0.15, -0.1) is 11.3 Å². The van der Waals surface area contributed by atoms with E-state index in [9.17, 15) is 4.79 Å². The number of hydrogen-bond donors (Lipinski definition) is 1. The molecule has 4 nitrogen and oxygen atoms in total. The summed E-state index contributed by atoms with van der Waals surface area (Å²) in [5.74, 6) is -0.587. The number of benzene rings is 1.